The van der Waals surface area contributed by atoms with E-state index in [0.717, 1.165) is 6.07 Å². The summed E-state index contributed by atoms with van der Waals surface area (Å²) in [6, 6.07) is 4.11. The van der Waals surface area contributed by atoms with Crippen LogP contribution < -0.4 is 22.1 Å². The predicted octanol–water partition coefficient (Wildman–Crippen LogP) is 1.79. The third kappa shape index (κ3) is 4.23. The van der Waals surface area contributed by atoms with Crippen molar-refractivity contribution in [2.75, 3.05) is 10.6 Å². The fourth-order valence-electron chi connectivity index (χ4n) is 2.40. The first-order valence-electron chi connectivity index (χ1n) is 8.59. The number of nitrogens with zero attached hydrogens (tertiary/aromatic N) is 4. The lowest BCUT2D eigenvalue weighted by Crippen LogP contribution is -2.35. The van der Waals surface area contributed by atoms with Gasteiger partial charge in [0.1, 0.15) is 5.82 Å². The lowest BCUT2D eigenvalue weighted by Gasteiger charge is -2.20. The van der Waals surface area contributed by atoms with E-state index in [1.807, 2.05) is 0 Å². The Bertz CT molecular complexity index is 974. The number of aromatic nitrogens is 4. The minimum absolute atomic E-state index is 0.0338. The lowest BCUT2D eigenvalue weighted by molar-refractivity contribution is 0.100. The molecule has 6 N–H and O–H groups in total. The van der Waals surface area contributed by atoms with E-state index in [2.05, 4.69) is 25.7 Å². The highest BCUT2D eigenvalue weighted by molar-refractivity contribution is 5.98. The number of pyridine rings is 2. The van der Waals surface area contributed by atoms with Crippen molar-refractivity contribution in [2.24, 2.45) is 11.5 Å². The monoisotopic (exact) mass is 384 g/mol. The van der Waals surface area contributed by atoms with Crippen LogP contribution in [0.15, 0.2) is 43.0 Å². The van der Waals surface area contributed by atoms with Crippen LogP contribution in [-0.2, 0) is 0 Å². The van der Waals surface area contributed by atoms with Gasteiger partial charge in [-0.1, -0.05) is 0 Å². The highest BCUT2D eigenvalue weighted by Gasteiger charge is 2.18. The van der Waals surface area contributed by atoms with E-state index in [9.17, 15) is 9.18 Å². The van der Waals surface area contributed by atoms with Gasteiger partial charge in [0.2, 0.25) is 0 Å². The Morgan fingerprint density at radius 2 is 2.04 bits per heavy atom. The SMILES string of the molecule is C[C@H](N)[C@@H](C)Nc1nc(Nc2cncc(-n3cccn3)c2)c(C(N)=O)cc1F. The maximum Gasteiger partial charge on any atom is 0.252 e. The van der Waals surface area contributed by atoms with E-state index in [1.54, 1.807) is 55.4 Å². The maximum absolute atomic E-state index is 14.4. The van der Waals surface area contributed by atoms with Crippen molar-refractivity contribution in [3.63, 3.8) is 0 Å². The Morgan fingerprint density at radius 3 is 2.68 bits per heavy atom. The van der Waals surface area contributed by atoms with Gasteiger partial charge in [-0.2, -0.15) is 5.10 Å². The lowest BCUT2D eigenvalue weighted by atomic mass is 10.2. The van der Waals surface area contributed by atoms with Gasteiger partial charge in [0.25, 0.3) is 5.91 Å². The molecule has 0 unspecified atom stereocenters. The Labute approximate surface area is 161 Å². The number of hydrogen-bond acceptors (Lipinski definition) is 7. The molecule has 0 fully saturated rings. The number of carbonyl (C=O) groups is 1. The quantitative estimate of drug-likeness (QED) is 0.487. The Morgan fingerprint density at radius 1 is 1.25 bits per heavy atom. The summed E-state index contributed by atoms with van der Waals surface area (Å²) >= 11 is 0. The van der Waals surface area contributed by atoms with Gasteiger partial charge in [0, 0.05) is 24.5 Å². The Hall–Kier alpha value is -3.53. The van der Waals surface area contributed by atoms with Gasteiger partial charge in [0.05, 0.1) is 29.3 Å². The predicted molar refractivity (Wildman–Crippen MR) is 104 cm³/mol. The average molecular weight is 384 g/mol. The van der Waals surface area contributed by atoms with Gasteiger partial charge in [-0.25, -0.2) is 14.1 Å². The molecule has 0 aliphatic carbocycles. The molecule has 3 rings (SSSR count). The summed E-state index contributed by atoms with van der Waals surface area (Å²) < 4.78 is 16.0. The molecule has 2 atom stereocenters. The first-order valence-corrected chi connectivity index (χ1v) is 8.59. The summed E-state index contributed by atoms with van der Waals surface area (Å²) in [6.07, 6.45) is 6.58. The van der Waals surface area contributed by atoms with E-state index >= 15 is 0 Å². The second-order valence-corrected chi connectivity index (χ2v) is 6.38. The van der Waals surface area contributed by atoms with Gasteiger partial charge < -0.3 is 22.1 Å². The molecule has 10 heteroatoms. The minimum atomic E-state index is -0.808. The van der Waals surface area contributed by atoms with Crippen molar-refractivity contribution < 1.29 is 9.18 Å². The van der Waals surface area contributed by atoms with Crippen molar-refractivity contribution in [2.45, 2.75) is 25.9 Å². The molecular weight excluding hydrogens is 363 g/mol. The molecule has 0 aliphatic rings. The molecule has 1 amide bonds. The molecule has 28 heavy (non-hydrogen) atoms. The van der Waals surface area contributed by atoms with Crippen LogP contribution in [0.25, 0.3) is 5.69 Å². The van der Waals surface area contributed by atoms with Crippen molar-refractivity contribution in [1.29, 1.82) is 0 Å². The van der Waals surface area contributed by atoms with Crippen LogP contribution in [0.4, 0.5) is 21.7 Å². The van der Waals surface area contributed by atoms with E-state index in [-0.39, 0.29) is 29.3 Å². The third-order valence-corrected chi connectivity index (χ3v) is 4.15. The number of primary amides is 1. The van der Waals surface area contributed by atoms with Crippen LogP contribution in [0.2, 0.25) is 0 Å². The number of nitrogens with two attached hydrogens (primary N) is 2. The topological polar surface area (TPSA) is 137 Å². The van der Waals surface area contributed by atoms with Crippen LogP contribution in [0, 0.1) is 5.82 Å². The smallest absolute Gasteiger partial charge is 0.252 e. The van der Waals surface area contributed by atoms with Crippen LogP contribution in [0.3, 0.4) is 0 Å². The fourth-order valence-corrected chi connectivity index (χ4v) is 2.40. The van der Waals surface area contributed by atoms with Crippen molar-refractivity contribution in [3.05, 3.63) is 54.4 Å². The molecule has 3 aromatic heterocycles. The summed E-state index contributed by atoms with van der Waals surface area (Å²) in [4.78, 5) is 20.1. The minimum Gasteiger partial charge on any atom is -0.365 e. The molecule has 0 bridgehead atoms. The Kier molecular flexibility index (Phi) is 5.50. The molecule has 3 aromatic rings. The maximum atomic E-state index is 14.4. The number of nitrogens with one attached hydrogen (secondary N) is 2. The highest BCUT2D eigenvalue weighted by Crippen LogP contribution is 2.25. The van der Waals surface area contributed by atoms with Crippen molar-refractivity contribution in [1.82, 2.24) is 19.7 Å². The standard InChI is InChI=1S/C18H21FN8O/c1-10(20)11(2)24-18-15(19)7-14(16(21)28)17(26-18)25-12-6-13(9-22-8-12)27-5-3-4-23-27/h3-11H,20H2,1-2H3,(H2,21,28)(H2,24,25,26)/t10-,11+/m0/s1. The largest absolute Gasteiger partial charge is 0.365 e. The molecule has 0 spiro atoms. The fraction of sp³-hybridized carbons (Fsp3) is 0.222. The van der Waals surface area contributed by atoms with Gasteiger partial charge in [-0.15, -0.1) is 0 Å². The van der Waals surface area contributed by atoms with Gasteiger partial charge in [0.15, 0.2) is 11.6 Å². The van der Waals surface area contributed by atoms with Crippen LogP contribution in [0.5, 0.6) is 0 Å². The highest BCUT2D eigenvalue weighted by atomic mass is 19.1. The summed E-state index contributed by atoms with van der Waals surface area (Å²) in [6.45, 7) is 3.59. The van der Waals surface area contributed by atoms with Crippen molar-refractivity contribution >= 4 is 23.2 Å². The summed E-state index contributed by atoms with van der Waals surface area (Å²) in [5.74, 6) is -1.44. The Balaban J connectivity index is 1.96. The molecule has 0 saturated heterocycles. The summed E-state index contributed by atoms with van der Waals surface area (Å²) in [5, 5.41) is 10.0. The van der Waals surface area contributed by atoms with Crippen LogP contribution >= 0.6 is 0 Å². The normalized spacial score (nSPS) is 13.0. The van der Waals surface area contributed by atoms with E-state index in [4.69, 9.17) is 11.5 Å². The van der Waals surface area contributed by atoms with E-state index < -0.39 is 11.7 Å². The first kappa shape index (κ1) is 19.2. The van der Waals surface area contributed by atoms with Gasteiger partial charge in [-0.3, -0.25) is 9.78 Å². The first-order chi connectivity index (χ1) is 13.3. The number of hydrogen-bond donors (Lipinski definition) is 4. The number of anilines is 3. The molecule has 3 heterocycles. The third-order valence-electron chi connectivity index (χ3n) is 4.15. The molecule has 0 saturated carbocycles. The summed E-state index contributed by atoms with van der Waals surface area (Å²) in [5.41, 5.74) is 12.3. The molecule has 0 aromatic carbocycles. The second kappa shape index (κ2) is 8.01. The van der Waals surface area contributed by atoms with Crippen LogP contribution in [0.1, 0.15) is 24.2 Å². The molecular formula is C18H21FN8O. The molecule has 0 radical (unpaired) electrons. The zero-order valence-electron chi connectivity index (χ0n) is 15.4. The number of carbonyl (C=O) groups excluding carboxylic acids is 1. The zero-order valence-corrected chi connectivity index (χ0v) is 15.4. The zero-order chi connectivity index (χ0) is 20.3. The van der Waals surface area contributed by atoms with Crippen LogP contribution in [-0.4, -0.2) is 37.7 Å². The molecule has 9 nitrogen and oxygen atoms in total. The van der Waals surface area contributed by atoms with E-state index in [1.165, 1.54) is 0 Å². The number of rotatable bonds is 7. The van der Waals surface area contributed by atoms with E-state index in [0.29, 0.717) is 11.4 Å². The van der Waals surface area contributed by atoms with Gasteiger partial charge in [-0.05, 0) is 32.0 Å². The molecule has 0 aliphatic heterocycles. The van der Waals surface area contributed by atoms with Gasteiger partial charge >= 0.3 is 0 Å². The number of halogens is 1. The second-order valence-electron chi connectivity index (χ2n) is 6.38. The summed E-state index contributed by atoms with van der Waals surface area (Å²) in [7, 11) is 0. The molecule has 146 valence electrons. The van der Waals surface area contributed by atoms with Crippen molar-refractivity contribution in [3.8, 4) is 5.69 Å². The number of amides is 1. The average Bonchev–Trinajstić information content (AvgIpc) is 3.19.